The van der Waals surface area contributed by atoms with Gasteiger partial charge in [-0.25, -0.2) is 0 Å². The Hall–Kier alpha value is -2.57. The maximum absolute atomic E-state index is 12.0. The highest BCUT2D eigenvalue weighted by molar-refractivity contribution is 5.96. The van der Waals surface area contributed by atoms with E-state index in [1.807, 2.05) is 0 Å². The lowest BCUT2D eigenvalue weighted by atomic mass is 10.1. The Morgan fingerprint density at radius 2 is 2.09 bits per heavy atom. The van der Waals surface area contributed by atoms with Crippen LogP contribution in [0.4, 0.5) is 0 Å². The number of carboxylic acid groups (broad SMARTS) is 1. The van der Waals surface area contributed by atoms with Gasteiger partial charge in [0.2, 0.25) is 5.91 Å². The molecule has 0 bridgehead atoms. The molecule has 0 heterocycles. The Morgan fingerprint density at radius 1 is 1.30 bits per heavy atom. The van der Waals surface area contributed by atoms with Gasteiger partial charge in [0.25, 0.3) is 5.91 Å². The molecule has 7 heteroatoms. The van der Waals surface area contributed by atoms with Crippen LogP contribution in [0.2, 0.25) is 0 Å². The van der Waals surface area contributed by atoms with Crippen LogP contribution in [-0.2, 0) is 9.59 Å². The van der Waals surface area contributed by atoms with Crippen molar-refractivity contribution in [2.24, 2.45) is 5.92 Å². The summed E-state index contributed by atoms with van der Waals surface area (Å²) < 4.78 is 5.04. The molecular formula is C16H20N2O5. The van der Waals surface area contributed by atoms with Crippen molar-refractivity contribution in [3.63, 3.8) is 0 Å². The summed E-state index contributed by atoms with van der Waals surface area (Å²) in [7, 11) is 1.51. The summed E-state index contributed by atoms with van der Waals surface area (Å²) in [5, 5.41) is 14.2. The number of amides is 2. The summed E-state index contributed by atoms with van der Waals surface area (Å²) in [4.78, 5) is 34.7. The van der Waals surface area contributed by atoms with E-state index in [0.29, 0.717) is 30.6 Å². The summed E-state index contributed by atoms with van der Waals surface area (Å²) in [5.41, 5.74) is 0.406. The number of ether oxygens (including phenoxy) is 1. The van der Waals surface area contributed by atoms with Crippen molar-refractivity contribution in [3.8, 4) is 5.75 Å². The topological polar surface area (TPSA) is 105 Å². The van der Waals surface area contributed by atoms with Gasteiger partial charge in [-0.05, 0) is 37.5 Å². The lowest BCUT2D eigenvalue weighted by Gasteiger charge is -2.13. The highest BCUT2D eigenvalue weighted by atomic mass is 16.5. The first kappa shape index (κ1) is 16.8. The molecule has 2 rings (SSSR count). The third-order valence-electron chi connectivity index (χ3n) is 3.89. The van der Waals surface area contributed by atoms with Crippen molar-refractivity contribution in [2.45, 2.75) is 25.3 Å². The van der Waals surface area contributed by atoms with E-state index in [4.69, 9.17) is 9.84 Å². The zero-order valence-corrected chi connectivity index (χ0v) is 12.9. The molecule has 1 aromatic carbocycles. The first-order chi connectivity index (χ1) is 11.0. The molecule has 2 atom stereocenters. The number of aliphatic carboxylic acids is 1. The van der Waals surface area contributed by atoms with E-state index in [1.165, 1.54) is 7.11 Å². The molecule has 1 aliphatic carbocycles. The van der Waals surface area contributed by atoms with Gasteiger partial charge >= 0.3 is 5.97 Å². The minimum absolute atomic E-state index is 0.141. The fraction of sp³-hybridized carbons (Fsp3) is 0.438. The number of carbonyl (C=O) groups excluding carboxylic acids is 2. The normalized spacial score (nSPS) is 19.9. The summed E-state index contributed by atoms with van der Waals surface area (Å²) in [5.74, 6) is -1.35. The number of nitrogens with one attached hydrogen (secondary N) is 2. The fourth-order valence-electron chi connectivity index (χ4n) is 2.64. The second-order valence-electron chi connectivity index (χ2n) is 5.53. The molecule has 7 nitrogen and oxygen atoms in total. The van der Waals surface area contributed by atoms with Gasteiger partial charge in [-0.1, -0.05) is 6.07 Å². The van der Waals surface area contributed by atoms with Gasteiger partial charge in [0.1, 0.15) is 5.75 Å². The number of hydrogen-bond acceptors (Lipinski definition) is 4. The molecule has 2 amide bonds. The van der Waals surface area contributed by atoms with E-state index in [-0.39, 0.29) is 24.4 Å². The predicted octanol–water partition coefficient (Wildman–Crippen LogP) is 0.794. The minimum Gasteiger partial charge on any atom is -0.497 e. The quantitative estimate of drug-likeness (QED) is 0.719. The highest BCUT2D eigenvalue weighted by Gasteiger charge is 2.30. The molecule has 3 N–H and O–H groups in total. The van der Waals surface area contributed by atoms with Gasteiger partial charge in [0, 0.05) is 11.6 Å². The average molecular weight is 320 g/mol. The van der Waals surface area contributed by atoms with E-state index in [9.17, 15) is 14.4 Å². The van der Waals surface area contributed by atoms with Crippen LogP contribution in [0.5, 0.6) is 5.75 Å². The number of rotatable bonds is 6. The molecular weight excluding hydrogens is 300 g/mol. The Balaban J connectivity index is 1.78. The smallest absolute Gasteiger partial charge is 0.306 e. The van der Waals surface area contributed by atoms with Gasteiger partial charge < -0.3 is 20.5 Å². The van der Waals surface area contributed by atoms with Gasteiger partial charge in [-0.15, -0.1) is 0 Å². The zero-order valence-electron chi connectivity index (χ0n) is 12.9. The Morgan fingerprint density at radius 3 is 2.74 bits per heavy atom. The maximum Gasteiger partial charge on any atom is 0.306 e. The monoisotopic (exact) mass is 320 g/mol. The van der Waals surface area contributed by atoms with Crippen LogP contribution in [0, 0.1) is 5.92 Å². The molecule has 1 aromatic rings. The van der Waals surface area contributed by atoms with E-state index >= 15 is 0 Å². The van der Waals surface area contributed by atoms with Crippen molar-refractivity contribution in [3.05, 3.63) is 29.8 Å². The zero-order chi connectivity index (χ0) is 16.8. The number of benzene rings is 1. The Labute approximate surface area is 134 Å². The van der Waals surface area contributed by atoms with Crippen molar-refractivity contribution < 1.29 is 24.2 Å². The van der Waals surface area contributed by atoms with Crippen LogP contribution in [0.25, 0.3) is 0 Å². The summed E-state index contributed by atoms with van der Waals surface area (Å²) in [6.45, 7) is -0.149. The first-order valence-electron chi connectivity index (χ1n) is 7.44. The third-order valence-corrected chi connectivity index (χ3v) is 3.89. The molecule has 0 aromatic heterocycles. The van der Waals surface area contributed by atoms with Crippen molar-refractivity contribution >= 4 is 17.8 Å². The van der Waals surface area contributed by atoms with E-state index < -0.39 is 11.9 Å². The summed E-state index contributed by atoms with van der Waals surface area (Å²) in [6, 6.07) is 6.49. The fourth-order valence-corrected chi connectivity index (χ4v) is 2.64. The van der Waals surface area contributed by atoms with Crippen molar-refractivity contribution in [2.75, 3.05) is 13.7 Å². The number of methoxy groups -OCH3 is 1. The van der Waals surface area contributed by atoms with Gasteiger partial charge in [0.15, 0.2) is 0 Å². The van der Waals surface area contributed by atoms with E-state index in [2.05, 4.69) is 10.6 Å². The van der Waals surface area contributed by atoms with Crippen LogP contribution in [0.3, 0.4) is 0 Å². The number of carbonyl (C=O) groups is 3. The van der Waals surface area contributed by atoms with Crippen molar-refractivity contribution in [1.82, 2.24) is 10.6 Å². The average Bonchev–Trinajstić information content (AvgIpc) is 3.01. The molecule has 0 radical (unpaired) electrons. The molecule has 1 fully saturated rings. The number of carboxylic acids is 1. The van der Waals surface area contributed by atoms with Gasteiger partial charge in [-0.2, -0.15) is 0 Å². The minimum atomic E-state index is -0.826. The number of hydrogen-bond donors (Lipinski definition) is 3. The largest absolute Gasteiger partial charge is 0.497 e. The Kier molecular flexibility index (Phi) is 5.56. The molecule has 1 saturated carbocycles. The molecule has 23 heavy (non-hydrogen) atoms. The van der Waals surface area contributed by atoms with E-state index in [1.54, 1.807) is 24.3 Å². The second-order valence-corrected chi connectivity index (χ2v) is 5.53. The summed E-state index contributed by atoms with van der Waals surface area (Å²) >= 11 is 0. The summed E-state index contributed by atoms with van der Waals surface area (Å²) in [6.07, 6.45) is 1.65. The van der Waals surface area contributed by atoms with E-state index in [0.717, 1.165) is 0 Å². The first-order valence-corrected chi connectivity index (χ1v) is 7.44. The predicted molar refractivity (Wildman–Crippen MR) is 82.2 cm³/mol. The SMILES string of the molecule is COc1cccc(C(=O)NCC(=O)N[C@@H]2CC[C@H](C(=O)O)C2)c1. The molecule has 0 saturated heterocycles. The highest BCUT2D eigenvalue weighted by Crippen LogP contribution is 2.25. The van der Waals surface area contributed by atoms with Crippen LogP contribution in [-0.4, -0.2) is 42.6 Å². The lowest BCUT2D eigenvalue weighted by molar-refractivity contribution is -0.141. The second kappa shape index (κ2) is 7.62. The van der Waals surface area contributed by atoms with Crippen LogP contribution < -0.4 is 15.4 Å². The molecule has 1 aliphatic rings. The molecule has 0 spiro atoms. The molecule has 0 unspecified atom stereocenters. The maximum atomic E-state index is 12.0. The van der Waals surface area contributed by atoms with Gasteiger partial charge in [-0.3, -0.25) is 14.4 Å². The molecule has 124 valence electrons. The van der Waals surface area contributed by atoms with Crippen LogP contribution in [0.15, 0.2) is 24.3 Å². The third kappa shape index (κ3) is 4.70. The van der Waals surface area contributed by atoms with Crippen LogP contribution >= 0.6 is 0 Å². The van der Waals surface area contributed by atoms with Crippen molar-refractivity contribution in [1.29, 1.82) is 0 Å². The van der Waals surface area contributed by atoms with Gasteiger partial charge in [0.05, 0.1) is 19.6 Å². The molecule has 0 aliphatic heterocycles. The van der Waals surface area contributed by atoms with Crippen LogP contribution in [0.1, 0.15) is 29.6 Å². The lowest BCUT2D eigenvalue weighted by Crippen LogP contribution is -2.41. The standard InChI is InChI=1S/C16H20N2O5/c1-23-13-4-2-3-10(8-13)15(20)17-9-14(19)18-12-6-5-11(7-12)16(21)22/h2-4,8,11-12H,5-7,9H2,1H3,(H,17,20)(H,18,19)(H,21,22)/t11-,12+/m0/s1. The Bertz CT molecular complexity index is 602.